The number of amides is 1. The van der Waals surface area contributed by atoms with Gasteiger partial charge in [0.25, 0.3) is 0 Å². The van der Waals surface area contributed by atoms with Crippen LogP contribution in [0.15, 0.2) is 65.2 Å². The fraction of sp³-hybridized carbons (Fsp3) is 0.238. The first-order valence-electron chi connectivity index (χ1n) is 8.54. The molecule has 2 aromatic carbocycles. The van der Waals surface area contributed by atoms with Crippen molar-refractivity contribution in [2.24, 2.45) is 0 Å². The third kappa shape index (κ3) is 4.15. The molecule has 1 heterocycles. The number of para-hydroxylation sites is 1. The number of aryl methyl sites for hydroxylation is 2. The van der Waals surface area contributed by atoms with Gasteiger partial charge in [0.2, 0.25) is 5.91 Å². The van der Waals surface area contributed by atoms with Crippen LogP contribution < -0.4 is 4.90 Å². The molecule has 0 unspecified atom stereocenters. The van der Waals surface area contributed by atoms with Gasteiger partial charge in [0.1, 0.15) is 0 Å². The molecule has 0 bridgehead atoms. The maximum Gasteiger partial charge on any atom is 0.227 e. The van der Waals surface area contributed by atoms with Gasteiger partial charge in [-0.05, 0) is 26.0 Å². The van der Waals surface area contributed by atoms with Crippen LogP contribution in [-0.2, 0) is 11.2 Å². The SMILES string of the molecule is CCN(C(=O)CCc1ncc(-c2ccc(C)cc2)o1)c1ccccc1. The van der Waals surface area contributed by atoms with Gasteiger partial charge in [0, 0.05) is 30.6 Å². The van der Waals surface area contributed by atoms with Crippen LogP contribution in [-0.4, -0.2) is 17.4 Å². The summed E-state index contributed by atoms with van der Waals surface area (Å²) >= 11 is 0. The molecule has 4 nitrogen and oxygen atoms in total. The van der Waals surface area contributed by atoms with Crippen molar-refractivity contribution in [2.75, 3.05) is 11.4 Å². The Bertz CT molecular complexity index is 823. The number of oxazole rings is 1. The maximum absolute atomic E-state index is 12.5. The van der Waals surface area contributed by atoms with Gasteiger partial charge in [-0.3, -0.25) is 4.79 Å². The topological polar surface area (TPSA) is 46.3 Å². The van der Waals surface area contributed by atoms with Gasteiger partial charge < -0.3 is 9.32 Å². The molecule has 0 radical (unpaired) electrons. The fourth-order valence-electron chi connectivity index (χ4n) is 2.74. The van der Waals surface area contributed by atoms with E-state index in [1.54, 1.807) is 11.1 Å². The number of carbonyl (C=O) groups excluding carboxylic acids is 1. The van der Waals surface area contributed by atoms with Crippen LogP contribution >= 0.6 is 0 Å². The molecule has 4 heteroatoms. The summed E-state index contributed by atoms with van der Waals surface area (Å²) in [5, 5.41) is 0. The lowest BCUT2D eigenvalue weighted by Gasteiger charge is -2.20. The Labute approximate surface area is 148 Å². The predicted octanol–water partition coefficient (Wildman–Crippen LogP) is 4.64. The number of nitrogens with zero attached hydrogens (tertiary/aromatic N) is 2. The first-order valence-corrected chi connectivity index (χ1v) is 8.54. The molecular weight excluding hydrogens is 312 g/mol. The summed E-state index contributed by atoms with van der Waals surface area (Å²) in [6, 6.07) is 17.8. The lowest BCUT2D eigenvalue weighted by molar-refractivity contribution is -0.118. The number of benzene rings is 2. The van der Waals surface area contributed by atoms with Gasteiger partial charge in [-0.25, -0.2) is 4.98 Å². The number of aromatic nitrogens is 1. The molecule has 0 aliphatic rings. The average Bonchev–Trinajstić information content (AvgIpc) is 3.11. The van der Waals surface area contributed by atoms with E-state index in [9.17, 15) is 4.79 Å². The van der Waals surface area contributed by atoms with Crippen molar-refractivity contribution in [1.82, 2.24) is 4.98 Å². The molecule has 0 aliphatic carbocycles. The molecule has 0 fully saturated rings. The number of hydrogen-bond acceptors (Lipinski definition) is 3. The number of anilines is 1. The third-order valence-corrected chi connectivity index (χ3v) is 4.13. The molecule has 0 atom stereocenters. The third-order valence-electron chi connectivity index (χ3n) is 4.13. The Morgan fingerprint density at radius 2 is 1.80 bits per heavy atom. The molecule has 128 valence electrons. The first kappa shape index (κ1) is 17.0. The summed E-state index contributed by atoms with van der Waals surface area (Å²) < 4.78 is 5.80. The summed E-state index contributed by atoms with van der Waals surface area (Å²) in [5.74, 6) is 1.40. The minimum absolute atomic E-state index is 0.0729. The minimum atomic E-state index is 0.0729. The Morgan fingerprint density at radius 3 is 2.48 bits per heavy atom. The maximum atomic E-state index is 12.5. The van der Waals surface area contributed by atoms with Crippen molar-refractivity contribution < 1.29 is 9.21 Å². The smallest absolute Gasteiger partial charge is 0.227 e. The van der Waals surface area contributed by atoms with E-state index < -0.39 is 0 Å². The zero-order chi connectivity index (χ0) is 17.6. The average molecular weight is 334 g/mol. The van der Waals surface area contributed by atoms with E-state index in [-0.39, 0.29) is 5.91 Å². The summed E-state index contributed by atoms with van der Waals surface area (Å²) in [6.45, 7) is 4.67. The van der Waals surface area contributed by atoms with E-state index in [2.05, 4.69) is 4.98 Å². The second-order valence-corrected chi connectivity index (χ2v) is 5.96. The molecule has 3 rings (SSSR count). The van der Waals surface area contributed by atoms with Gasteiger partial charge in [-0.15, -0.1) is 0 Å². The van der Waals surface area contributed by atoms with Crippen LogP contribution in [0.1, 0.15) is 24.8 Å². The molecule has 1 amide bonds. The van der Waals surface area contributed by atoms with Gasteiger partial charge in [0.15, 0.2) is 11.7 Å². The second kappa shape index (κ2) is 7.79. The Kier molecular flexibility index (Phi) is 5.29. The highest BCUT2D eigenvalue weighted by Gasteiger charge is 2.15. The van der Waals surface area contributed by atoms with E-state index in [0.717, 1.165) is 17.0 Å². The van der Waals surface area contributed by atoms with E-state index in [1.165, 1.54) is 5.56 Å². The molecular formula is C21H22N2O2. The van der Waals surface area contributed by atoms with Gasteiger partial charge in [-0.2, -0.15) is 0 Å². The van der Waals surface area contributed by atoms with Crippen molar-refractivity contribution in [2.45, 2.75) is 26.7 Å². The molecule has 0 aliphatic heterocycles. The van der Waals surface area contributed by atoms with Crippen LogP contribution in [0.25, 0.3) is 11.3 Å². The molecule has 0 spiro atoms. The summed E-state index contributed by atoms with van der Waals surface area (Å²) in [7, 11) is 0. The zero-order valence-corrected chi connectivity index (χ0v) is 14.6. The summed E-state index contributed by atoms with van der Waals surface area (Å²) in [4.78, 5) is 18.6. The Morgan fingerprint density at radius 1 is 1.08 bits per heavy atom. The quantitative estimate of drug-likeness (QED) is 0.660. The largest absolute Gasteiger partial charge is 0.441 e. The highest BCUT2D eigenvalue weighted by molar-refractivity contribution is 5.93. The van der Waals surface area contributed by atoms with Crippen molar-refractivity contribution >= 4 is 11.6 Å². The predicted molar refractivity (Wildman–Crippen MR) is 99.5 cm³/mol. The van der Waals surface area contributed by atoms with Gasteiger partial charge in [-0.1, -0.05) is 48.0 Å². The number of rotatable bonds is 6. The fourth-order valence-corrected chi connectivity index (χ4v) is 2.74. The summed E-state index contributed by atoms with van der Waals surface area (Å²) in [6.07, 6.45) is 2.59. The monoisotopic (exact) mass is 334 g/mol. The van der Waals surface area contributed by atoms with Gasteiger partial charge >= 0.3 is 0 Å². The minimum Gasteiger partial charge on any atom is -0.441 e. The van der Waals surface area contributed by atoms with Crippen LogP contribution in [0.5, 0.6) is 0 Å². The Hall–Kier alpha value is -2.88. The number of carbonyl (C=O) groups is 1. The van der Waals surface area contributed by atoms with Crippen LogP contribution in [0.3, 0.4) is 0 Å². The van der Waals surface area contributed by atoms with E-state index in [4.69, 9.17) is 4.42 Å². The molecule has 25 heavy (non-hydrogen) atoms. The van der Waals surface area contributed by atoms with Crippen molar-refractivity contribution in [3.63, 3.8) is 0 Å². The second-order valence-electron chi connectivity index (χ2n) is 5.96. The molecule has 3 aromatic rings. The normalized spacial score (nSPS) is 10.6. The molecule has 0 N–H and O–H groups in total. The summed E-state index contributed by atoms with van der Waals surface area (Å²) in [5.41, 5.74) is 3.12. The lowest BCUT2D eigenvalue weighted by atomic mass is 10.1. The van der Waals surface area contributed by atoms with Crippen molar-refractivity contribution in [1.29, 1.82) is 0 Å². The van der Waals surface area contributed by atoms with Crippen molar-refractivity contribution in [3.8, 4) is 11.3 Å². The first-order chi connectivity index (χ1) is 12.2. The van der Waals surface area contributed by atoms with E-state index in [0.29, 0.717) is 25.3 Å². The zero-order valence-electron chi connectivity index (χ0n) is 14.6. The van der Waals surface area contributed by atoms with E-state index >= 15 is 0 Å². The van der Waals surface area contributed by atoms with Gasteiger partial charge in [0.05, 0.1) is 6.20 Å². The van der Waals surface area contributed by atoms with Crippen molar-refractivity contribution in [3.05, 3.63) is 72.2 Å². The standard InChI is InChI=1S/C21H22N2O2/c1-3-23(18-7-5-4-6-8-18)21(24)14-13-20-22-15-19(25-20)17-11-9-16(2)10-12-17/h4-12,15H,3,13-14H2,1-2H3. The molecule has 0 saturated carbocycles. The van der Waals surface area contributed by atoms with Crippen LogP contribution in [0.2, 0.25) is 0 Å². The van der Waals surface area contributed by atoms with E-state index in [1.807, 2.05) is 68.4 Å². The molecule has 1 aromatic heterocycles. The highest BCUT2D eigenvalue weighted by Crippen LogP contribution is 2.22. The Balaban J connectivity index is 1.63. The number of hydrogen-bond donors (Lipinski definition) is 0. The van der Waals surface area contributed by atoms with Crippen LogP contribution in [0, 0.1) is 6.92 Å². The lowest BCUT2D eigenvalue weighted by Crippen LogP contribution is -2.30. The molecule has 0 saturated heterocycles. The van der Waals surface area contributed by atoms with Crippen LogP contribution in [0.4, 0.5) is 5.69 Å². The highest BCUT2D eigenvalue weighted by atomic mass is 16.4.